The van der Waals surface area contributed by atoms with E-state index in [4.69, 9.17) is 0 Å². The molecule has 8 heteroatoms. The van der Waals surface area contributed by atoms with Crippen molar-refractivity contribution < 1.29 is 14.7 Å². The number of H-pyrrole nitrogens is 1. The fourth-order valence-corrected chi connectivity index (χ4v) is 2.44. The number of carboxylic acid groups (broad SMARTS) is 1. The highest BCUT2D eigenvalue weighted by molar-refractivity contribution is 5.86. The Bertz CT molecular complexity index is 529. The van der Waals surface area contributed by atoms with Crippen molar-refractivity contribution in [1.29, 1.82) is 0 Å². The second kappa shape index (κ2) is 5.10. The fraction of sp³-hybridized carbons (Fsp3) is 0.667. The zero-order valence-corrected chi connectivity index (χ0v) is 11.9. The summed E-state index contributed by atoms with van der Waals surface area (Å²) in [4.78, 5) is 30.8. The number of nitrogens with zero attached hydrogens (tertiary/aromatic N) is 4. The third-order valence-corrected chi connectivity index (χ3v) is 3.68. The number of rotatable bonds is 3. The molecule has 0 aliphatic carbocycles. The van der Waals surface area contributed by atoms with E-state index in [2.05, 4.69) is 15.2 Å². The number of aliphatic carboxylic acids is 1. The number of hydrogen-bond acceptors (Lipinski definition) is 4. The summed E-state index contributed by atoms with van der Waals surface area (Å²) >= 11 is 0. The van der Waals surface area contributed by atoms with Crippen molar-refractivity contribution in [2.45, 2.75) is 38.8 Å². The van der Waals surface area contributed by atoms with Gasteiger partial charge in [-0.3, -0.25) is 5.10 Å². The molecule has 1 unspecified atom stereocenters. The van der Waals surface area contributed by atoms with Crippen molar-refractivity contribution in [1.82, 2.24) is 25.0 Å². The zero-order valence-electron chi connectivity index (χ0n) is 11.9. The van der Waals surface area contributed by atoms with E-state index >= 15 is 0 Å². The second-order valence-electron chi connectivity index (χ2n) is 5.31. The third kappa shape index (κ3) is 2.45. The largest absolute Gasteiger partial charge is 0.480 e. The number of urea groups is 1. The number of aryl methyl sites for hydroxylation is 1. The molecule has 2 N–H and O–H groups in total. The van der Waals surface area contributed by atoms with Gasteiger partial charge in [-0.15, -0.1) is 0 Å². The van der Waals surface area contributed by atoms with Gasteiger partial charge in [-0.2, -0.15) is 5.10 Å². The van der Waals surface area contributed by atoms with Gasteiger partial charge in [-0.25, -0.2) is 14.6 Å². The number of hydrogen-bond donors (Lipinski definition) is 2. The molecule has 1 aromatic rings. The lowest BCUT2D eigenvalue weighted by atomic mass is 10.00. The monoisotopic (exact) mass is 281 g/mol. The second-order valence-corrected chi connectivity index (χ2v) is 5.31. The minimum Gasteiger partial charge on any atom is -0.480 e. The van der Waals surface area contributed by atoms with Gasteiger partial charge >= 0.3 is 12.0 Å². The number of nitrogens with one attached hydrogen (secondary N) is 1. The average Bonchev–Trinajstić information content (AvgIpc) is 2.95. The maximum atomic E-state index is 12.4. The smallest absolute Gasteiger partial charge is 0.329 e. The molecule has 2 amide bonds. The van der Waals surface area contributed by atoms with Crippen molar-refractivity contribution in [3.63, 3.8) is 0 Å². The molecule has 1 fully saturated rings. The Labute approximate surface area is 116 Å². The first-order valence-corrected chi connectivity index (χ1v) is 6.48. The average molecular weight is 281 g/mol. The predicted molar refractivity (Wildman–Crippen MR) is 70.0 cm³/mol. The van der Waals surface area contributed by atoms with Gasteiger partial charge in [0.15, 0.2) is 5.82 Å². The van der Waals surface area contributed by atoms with E-state index in [1.54, 1.807) is 20.9 Å². The van der Waals surface area contributed by atoms with Crippen LogP contribution in [0.1, 0.15) is 31.4 Å². The number of carboxylic acids is 1. The Morgan fingerprint density at radius 3 is 2.80 bits per heavy atom. The maximum absolute atomic E-state index is 12.4. The van der Waals surface area contributed by atoms with Crippen molar-refractivity contribution >= 4 is 12.0 Å². The quantitative estimate of drug-likeness (QED) is 0.844. The third-order valence-electron chi connectivity index (χ3n) is 3.68. The van der Waals surface area contributed by atoms with Crippen molar-refractivity contribution in [3.8, 4) is 0 Å². The maximum Gasteiger partial charge on any atom is 0.329 e. The van der Waals surface area contributed by atoms with Gasteiger partial charge in [-0.05, 0) is 26.7 Å². The molecule has 2 rings (SSSR count). The molecule has 110 valence electrons. The fourth-order valence-electron chi connectivity index (χ4n) is 2.44. The van der Waals surface area contributed by atoms with Crippen molar-refractivity contribution in [2.75, 3.05) is 13.6 Å². The minimum atomic E-state index is -1.12. The van der Waals surface area contributed by atoms with Crippen molar-refractivity contribution in [3.05, 3.63) is 11.6 Å². The Morgan fingerprint density at radius 2 is 2.25 bits per heavy atom. The number of amides is 2. The summed E-state index contributed by atoms with van der Waals surface area (Å²) in [6, 6.07) is -0.310. The van der Waals surface area contributed by atoms with Gasteiger partial charge in [0.1, 0.15) is 11.4 Å². The first kappa shape index (κ1) is 14.3. The highest BCUT2D eigenvalue weighted by Crippen LogP contribution is 2.30. The summed E-state index contributed by atoms with van der Waals surface area (Å²) in [7, 11) is 1.62. The lowest BCUT2D eigenvalue weighted by Gasteiger charge is -2.34. The predicted octanol–water partition coefficient (Wildman–Crippen LogP) is 0.604. The number of aromatic amines is 1. The SMILES string of the molecule is Cc1nc(CN(C)C(=O)N2CCCC2(C)C(=O)O)n[nH]1. The van der Waals surface area contributed by atoms with Crippen LogP contribution in [0.5, 0.6) is 0 Å². The molecule has 0 aromatic carbocycles. The summed E-state index contributed by atoms with van der Waals surface area (Å²) in [5.74, 6) is 0.220. The molecule has 0 spiro atoms. The van der Waals surface area contributed by atoms with Crippen LogP contribution in [0.2, 0.25) is 0 Å². The molecule has 1 aliphatic rings. The number of likely N-dealkylation sites (tertiary alicyclic amines) is 1. The first-order chi connectivity index (χ1) is 9.34. The van der Waals surface area contributed by atoms with Crippen LogP contribution in [0.3, 0.4) is 0 Å². The summed E-state index contributed by atoms with van der Waals surface area (Å²) in [5, 5.41) is 16.0. The molecule has 1 atom stereocenters. The van der Waals surface area contributed by atoms with Gasteiger partial charge in [-0.1, -0.05) is 0 Å². The van der Waals surface area contributed by atoms with Crippen LogP contribution in [0.15, 0.2) is 0 Å². The van der Waals surface area contributed by atoms with Gasteiger partial charge in [0, 0.05) is 13.6 Å². The van der Waals surface area contributed by atoms with E-state index in [0.29, 0.717) is 31.0 Å². The minimum absolute atomic E-state index is 0.245. The van der Waals surface area contributed by atoms with Gasteiger partial charge in [0.25, 0.3) is 0 Å². The summed E-state index contributed by atoms with van der Waals surface area (Å²) in [6.07, 6.45) is 1.17. The van der Waals surface area contributed by atoms with E-state index in [1.165, 1.54) is 9.80 Å². The molecular formula is C12H19N5O3. The van der Waals surface area contributed by atoms with Crippen LogP contribution in [0.4, 0.5) is 4.79 Å². The normalized spacial score (nSPS) is 22.1. The molecule has 1 aromatic heterocycles. The van der Waals surface area contributed by atoms with E-state index in [0.717, 1.165) is 0 Å². The number of aromatic nitrogens is 3. The standard InChI is InChI=1S/C12H19N5O3/c1-8-13-9(15-14-8)7-16(3)11(20)17-6-4-5-12(17,2)10(18)19/h4-7H2,1-3H3,(H,18,19)(H,13,14,15). The molecule has 20 heavy (non-hydrogen) atoms. The van der Waals surface area contributed by atoms with Crippen LogP contribution in [0, 0.1) is 6.92 Å². The zero-order chi connectivity index (χ0) is 14.9. The highest BCUT2D eigenvalue weighted by Gasteiger charge is 2.46. The summed E-state index contributed by atoms with van der Waals surface area (Å²) < 4.78 is 0. The van der Waals surface area contributed by atoms with Gasteiger partial charge in [0.05, 0.1) is 6.54 Å². The summed E-state index contributed by atoms with van der Waals surface area (Å²) in [5.41, 5.74) is -1.12. The molecule has 1 aliphatic heterocycles. The van der Waals surface area contributed by atoms with Crippen LogP contribution >= 0.6 is 0 Å². The first-order valence-electron chi connectivity index (χ1n) is 6.48. The summed E-state index contributed by atoms with van der Waals surface area (Å²) in [6.45, 7) is 4.07. The Kier molecular flexibility index (Phi) is 3.65. The Hall–Kier alpha value is -2.12. The Morgan fingerprint density at radius 1 is 1.55 bits per heavy atom. The molecule has 8 nitrogen and oxygen atoms in total. The van der Waals surface area contributed by atoms with Gasteiger partial charge < -0.3 is 14.9 Å². The van der Waals surface area contributed by atoms with E-state index in [1.807, 2.05) is 0 Å². The lowest BCUT2D eigenvalue weighted by Crippen LogP contribution is -2.54. The number of carbonyl (C=O) groups is 2. The van der Waals surface area contributed by atoms with Gasteiger partial charge in [0.2, 0.25) is 0 Å². The molecule has 1 saturated heterocycles. The van der Waals surface area contributed by atoms with Crippen molar-refractivity contribution in [2.24, 2.45) is 0 Å². The van der Waals surface area contributed by atoms with Crippen LogP contribution in [-0.2, 0) is 11.3 Å². The van der Waals surface area contributed by atoms with E-state index in [9.17, 15) is 14.7 Å². The van der Waals surface area contributed by atoms with Crippen LogP contribution < -0.4 is 0 Å². The van der Waals surface area contributed by atoms with Crippen LogP contribution in [0.25, 0.3) is 0 Å². The van der Waals surface area contributed by atoms with E-state index < -0.39 is 11.5 Å². The number of carbonyl (C=O) groups excluding carboxylic acids is 1. The lowest BCUT2D eigenvalue weighted by molar-refractivity contribution is -0.147. The molecule has 0 radical (unpaired) electrons. The topological polar surface area (TPSA) is 102 Å². The molecule has 2 heterocycles. The molecular weight excluding hydrogens is 262 g/mol. The molecule has 0 saturated carbocycles. The van der Waals surface area contributed by atoms with Crippen LogP contribution in [-0.4, -0.2) is 61.2 Å². The Balaban J connectivity index is 2.08. The highest BCUT2D eigenvalue weighted by atomic mass is 16.4. The molecule has 0 bridgehead atoms. The van der Waals surface area contributed by atoms with E-state index in [-0.39, 0.29) is 12.6 Å².